The Balaban J connectivity index is 2.29. The Morgan fingerprint density at radius 3 is 2.50 bits per heavy atom. The first-order chi connectivity index (χ1) is 12.3. The van der Waals surface area contributed by atoms with Gasteiger partial charge in [0, 0.05) is 16.8 Å². The summed E-state index contributed by atoms with van der Waals surface area (Å²) in [6, 6.07) is 6.95. The minimum absolute atomic E-state index is 0.0156. The molecule has 7 nitrogen and oxygen atoms in total. The maximum absolute atomic E-state index is 12.0. The molecule has 0 saturated heterocycles. The van der Waals surface area contributed by atoms with Gasteiger partial charge in [-0.1, -0.05) is 6.07 Å². The van der Waals surface area contributed by atoms with Crippen LogP contribution < -0.4 is 0 Å². The average Bonchev–Trinajstić information content (AvgIpc) is 2.96. The van der Waals surface area contributed by atoms with Crippen LogP contribution in [-0.4, -0.2) is 40.7 Å². The van der Waals surface area contributed by atoms with Crippen LogP contribution in [0.1, 0.15) is 55.6 Å². The van der Waals surface area contributed by atoms with Gasteiger partial charge in [-0.3, -0.25) is 9.59 Å². The van der Waals surface area contributed by atoms with Crippen molar-refractivity contribution >= 4 is 28.8 Å². The maximum Gasteiger partial charge on any atom is 0.355 e. The molecule has 0 aliphatic heterocycles. The van der Waals surface area contributed by atoms with Gasteiger partial charge in [-0.15, -0.1) is 0 Å². The minimum atomic E-state index is -0.991. The Hall–Kier alpha value is -2.83. The van der Waals surface area contributed by atoms with E-state index in [2.05, 4.69) is 4.98 Å². The summed E-state index contributed by atoms with van der Waals surface area (Å²) in [7, 11) is 0. The number of aromatic nitrogens is 1. The van der Waals surface area contributed by atoms with Crippen molar-refractivity contribution in [1.82, 2.24) is 4.98 Å². The third-order valence-electron chi connectivity index (χ3n) is 3.82. The standard InChI is InChI=1S/C19H23NO6/c1-4-25-18(23)10-13(9-17(21)22)12-5-6-15-14(7-12)8-16(20-15)19(24)26-11(2)3/h5-8,11,13,20H,4,9-10H2,1-3H3,(H,21,22). The number of hydrogen-bond acceptors (Lipinski definition) is 5. The van der Waals surface area contributed by atoms with Gasteiger partial charge in [-0.25, -0.2) is 4.79 Å². The van der Waals surface area contributed by atoms with Crippen LogP contribution in [0.4, 0.5) is 0 Å². The average molecular weight is 361 g/mol. The maximum atomic E-state index is 12.0. The number of hydrogen-bond donors (Lipinski definition) is 2. The van der Waals surface area contributed by atoms with E-state index in [1.54, 1.807) is 45.0 Å². The summed E-state index contributed by atoms with van der Waals surface area (Å²) in [6.07, 6.45) is -0.427. The highest BCUT2D eigenvalue weighted by molar-refractivity contribution is 5.95. The molecular formula is C19H23NO6. The summed E-state index contributed by atoms with van der Waals surface area (Å²) in [5.74, 6) is -2.38. The SMILES string of the molecule is CCOC(=O)CC(CC(=O)O)c1ccc2[nH]c(C(=O)OC(C)C)cc2c1. The fourth-order valence-electron chi connectivity index (χ4n) is 2.73. The van der Waals surface area contributed by atoms with E-state index >= 15 is 0 Å². The number of fused-ring (bicyclic) bond motifs is 1. The van der Waals surface area contributed by atoms with E-state index < -0.39 is 23.8 Å². The Kier molecular flexibility index (Phi) is 6.38. The molecule has 140 valence electrons. The minimum Gasteiger partial charge on any atom is -0.481 e. The zero-order valence-electron chi connectivity index (χ0n) is 15.1. The molecule has 1 aromatic heterocycles. The van der Waals surface area contributed by atoms with Crippen molar-refractivity contribution in [2.75, 3.05) is 6.61 Å². The Labute approximate surface area is 151 Å². The zero-order valence-corrected chi connectivity index (χ0v) is 15.1. The number of rotatable bonds is 8. The highest BCUT2D eigenvalue weighted by Gasteiger charge is 2.21. The lowest BCUT2D eigenvalue weighted by molar-refractivity contribution is -0.144. The third-order valence-corrected chi connectivity index (χ3v) is 3.82. The van der Waals surface area contributed by atoms with Gasteiger partial charge < -0.3 is 19.6 Å². The number of nitrogens with one attached hydrogen (secondary N) is 1. The molecule has 2 N–H and O–H groups in total. The first-order valence-corrected chi connectivity index (χ1v) is 8.51. The number of benzene rings is 1. The van der Waals surface area contributed by atoms with Crippen LogP contribution in [0, 0.1) is 0 Å². The normalized spacial score (nSPS) is 12.2. The first-order valence-electron chi connectivity index (χ1n) is 8.51. The highest BCUT2D eigenvalue weighted by atomic mass is 16.5. The number of aliphatic carboxylic acids is 1. The third kappa shape index (κ3) is 5.08. The lowest BCUT2D eigenvalue weighted by Gasteiger charge is -2.14. The molecule has 7 heteroatoms. The Bertz CT molecular complexity index is 807. The van der Waals surface area contributed by atoms with Crippen LogP contribution in [-0.2, 0) is 19.1 Å². The van der Waals surface area contributed by atoms with Gasteiger partial charge in [0.15, 0.2) is 0 Å². The fraction of sp³-hybridized carbons (Fsp3) is 0.421. The molecule has 0 saturated carbocycles. The summed E-state index contributed by atoms with van der Waals surface area (Å²) in [5, 5.41) is 9.89. The molecule has 0 bridgehead atoms. The number of esters is 2. The van der Waals surface area contributed by atoms with Gasteiger partial charge >= 0.3 is 17.9 Å². The summed E-state index contributed by atoms with van der Waals surface area (Å²) in [4.78, 5) is 37.9. The summed E-state index contributed by atoms with van der Waals surface area (Å²) in [5.41, 5.74) is 1.76. The second-order valence-corrected chi connectivity index (χ2v) is 6.29. The van der Waals surface area contributed by atoms with E-state index in [0.29, 0.717) is 11.3 Å². The van der Waals surface area contributed by atoms with Crippen LogP contribution >= 0.6 is 0 Å². The number of H-pyrrole nitrogens is 1. The molecular weight excluding hydrogens is 338 g/mol. The topological polar surface area (TPSA) is 106 Å². The van der Waals surface area contributed by atoms with Crippen molar-refractivity contribution in [3.05, 3.63) is 35.5 Å². The smallest absolute Gasteiger partial charge is 0.355 e. The first kappa shape index (κ1) is 19.5. The molecule has 0 spiro atoms. The lowest BCUT2D eigenvalue weighted by Crippen LogP contribution is -2.13. The molecule has 1 unspecified atom stereocenters. The van der Waals surface area contributed by atoms with E-state index in [4.69, 9.17) is 14.6 Å². The summed E-state index contributed by atoms with van der Waals surface area (Å²) >= 11 is 0. The van der Waals surface area contributed by atoms with Crippen LogP contribution in [0.25, 0.3) is 10.9 Å². The van der Waals surface area contributed by atoms with Gasteiger partial charge in [-0.2, -0.15) is 0 Å². The van der Waals surface area contributed by atoms with Crippen molar-refractivity contribution in [2.45, 2.75) is 45.6 Å². The molecule has 1 aromatic carbocycles. The molecule has 26 heavy (non-hydrogen) atoms. The quantitative estimate of drug-likeness (QED) is 0.699. The van der Waals surface area contributed by atoms with Crippen LogP contribution in [0.5, 0.6) is 0 Å². The molecule has 1 atom stereocenters. The van der Waals surface area contributed by atoms with Crippen molar-refractivity contribution in [3.63, 3.8) is 0 Å². The van der Waals surface area contributed by atoms with Crippen molar-refractivity contribution in [3.8, 4) is 0 Å². The van der Waals surface area contributed by atoms with Gasteiger partial charge in [0.25, 0.3) is 0 Å². The molecule has 0 fully saturated rings. The highest BCUT2D eigenvalue weighted by Crippen LogP contribution is 2.28. The van der Waals surface area contributed by atoms with E-state index in [1.165, 1.54) is 0 Å². The molecule has 0 amide bonds. The van der Waals surface area contributed by atoms with Crippen LogP contribution in [0.2, 0.25) is 0 Å². The Morgan fingerprint density at radius 2 is 1.88 bits per heavy atom. The van der Waals surface area contributed by atoms with Gasteiger partial charge in [0.2, 0.25) is 0 Å². The van der Waals surface area contributed by atoms with Gasteiger partial charge in [0.05, 0.1) is 25.6 Å². The van der Waals surface area contributed by atoms with Crippen LogP contribution in [0.3, 0.4) is 0 Å². The molecule has 2 rings (SSSR count). The van der Waals surface area contributed by atoms with Crippen molar-refractivity contribution in [1.29, 1.82) is 0 Å². The zero-order chi connectivity index (χ0) is 19.3. The van der Waals surface area contributed by atoms with Crippen LogP contribution in [0.15, 0.2) is 24.3 Å². The predicted molar refractivity (Wildman–Crippen MR) is 95.1 cm³/mol. The second-order valence-electron chi connectivity index (χ2n) is 6.29. The number of carbonyl (C=O) groups is 3. The Morgan fingerprint density at radius 1 is 1.15 bits per heavy atom. The molecule has 1 heterocycles. The largest absolute Gasteiger partial charge is 0.481 e. The summed E-state index contributed by atoms with van der Waals surface area (Å²) in [6.45, 7) is 5.49. The fourth-order valence-corrected chi connectivity index (χ4v) is 2.73. The molecule has 2 aromatic rings. The second kappa shape index (κ2) is 8.51. The van der Waals surface area contributed by atoms with Gasteiger partial charge in [0.1, 0.15) is 5.69 Å². The van der Waals surface area contributed by atoms with E-state index in [9.17, 15) is 14.4 Å². The molecule has 0 radical (unpaired) electrons. The lowest BCUT2D eigenvalue weighted by atomic mass is 9.92. The van der Waals surface area contributed by atoms with E-state index in [0.717, 1.165) is 10.9 Å². The number of carboxylic acids is 1. The monoisotopic (exact) mass is 361 g/mol. The summed E-state index contributed by atoms with van der Waals surface area (Å²) < 4.78 is 10.1. The molecule has 0 aliphatic carbocycles. The van der Waals surface area contributed by atoms with E-state index in [-0.39, 0.29) is 25.6 Å². The number of carbonyl (C=O) groups excluding carboxylic acids is 2. The van der Waals surface area contributed by atoms with Crippen molar-refractivity contribution in [2.24, 2.45) is 0 Å². The number of aromatic amines is 1. The number of ether oxygens (including phenoxy) is 2. The van der Waals surface area contributed by atoms with E-state index in [1.807, 2.05) is 0 Å². The van der Waals surface area contributed by atoms with Crippen molar-refractivity contribution < 1.29 is 29.0 Å². The molecule has 0 aliphatic rings. The predicted octanol–water partition coefficient (Wildman–Crippen LogP) is 3.24. The number of carboxylic acid groups (broad SMARTS) is 1. The van der Waals surface area contributed by atoms with Gasteiger partial charge in [-0.05, 0) is 44.5 Å².